The van der Waals surface area contributed by atoms with Crippen LogP contribution >= 0.6 is 0 Å². The summed E-state index contributed by atoms with van der Waals surface area (Å²) in [5.74, 6) is -0.580. The summed E-state index contributed by atoms with van der Waals surface area (Å²) in [7, 11) is 0. The summed E-state index contributed by atoms with van der Waals surface area (Å²) < 4.78 is 13.3. The van der Waals surface area contributed by atoms with Crippen molar-refractivity contribution in [2.45, 2.75) is 19.9 Å². The molecule has 1 rings (SSSR count). The highest BCUT2D eigenvalue weighted by Gasteiger charge is 2.13. The van der Waals surface area contributed by atoms with Crippen LogP contribution in [0, 0.1) is 11.7 Å². The second-order valence-corrected chi connectivity index (χ2v) is 4.44. The lowest BCUT2D eigenvalue weighted by Gasteiger charge is -2.19. The van der Waals surface area contributed by atoms with E-state index in [4.69, 9.17) is 5.11 Å². The molecule has 1 aromatic carbocycles. The predicted molar refractivity (Wildman–Crippen MR) is 68.7 cm³/mol. The number of benzene rings is 1. The number of anilines is 1. The highest BCUT2D eigenvalue weighted by atomic mass is 19.1. The number of amides is 1. The fraction of sp³-hybridized carbons (Fsp3) is 0.462. The first-order valence-corrected chi connectivity index (χ1v) is 5.93. The average molecular weight is 254 g/mol. The molecule has 1 amide bonds. The standard InChI is InChI=1S/C13H19FN2O2/c1-9(2)12(8-17)15-7-13(18)16-11-6-4-3-5-10(11)14/h3-6,9,12,15,17H,7-8H2,1-2H3,(H,16,18). The van der Waals surface area contributed by atoms with Gasteiger partial charge in [-0.3, -0.25) is 4.79 Å². The van der Waals surface area contributed by atoms with Crippen molar-refractivity contribution in [1.82, 2.24) is 5.32 Å². The Labute approximate surface area is 106 Å². The maximum atomic E-state index is 13.3. The van der Waals surface area contributed by atoms with Crippen molar-refractivity contribution in [2.75, 3.05) is 18.5 Å². The van der Waals surface area contributed by atoms with Gasteiger partial charge in [0.25, 0.3) is 0 Å². The SMILES string of the molecule is CC(C)C(CO)NCC(=O)Nc1ccccc1F. The van der Waals surface area contributed by atoms with Crippen LogP contribution < -0.4 is 10.6 Å². The molecular formula is C13H19FN2O2. The van der Waals surface area contributed by atoms with E-state index in [1.165, 1.54) is 12.1 Å². The first kappa shape index (κ1) is 14.6. The average Bonchev–Trinajstić information content (AvgIpc) is 2.32. The van der Waals surface area contributed by atoms with Gasteiger partial charge in [0.2, 0.25) is 5.91 Å². The zero-order valence-corrected chi connectivity index (χ0v) is 10.6. The topological polar surface area (TPSA) is 61.4 Å². The molecule has 1 aromatic rings. The van der Waals surface area contributed by atoms with Crippen LogP contribution in [-0.2, 0) is 4.79 Å². The van der Waals surface area contributed by atoms with Gasteiger partial charge in [-0.05, 0) is 18.1 Å². The van der Waals surface area contributed by atoms with E-state index in [0.29, 0.717) is 0 Å². The summed E-state index contributed by atoms with van der Waals surface area (Å²) in [5.41, 5.74) is 0.161. The van der Waals surface area contributed by atoms with Crippen LogP contribution in [0.4, 0.5) is 10.1 Å². The quantitative estimate of drug-likeness (QED) is 0.718. The molecule has 0 heterocycles. The number of carbonyl (C=O) groups excluding carboxylic acids is 1. The van der Waals surface area contributed by atoms with Gasteiger partial charge in [-0.2, -0.15) is 0 Å². The number of aliphatic hydroxyl groups excluding tert-OH is 1. The second-order valence-electron chi connectivity index (χ2n) is 4.44. The van der Waals surface area contributed by atoms with Crippen LogP contribution in [0.3, 0.4) is 0 Å². The van der Waals surface area contributed by atoms with Crippen molar-refractivity contribution in [3.8, 4) is 0 Å². The van der Waals surface area contributed by atoms with Crippen LogP contribution in [-0.4, -0.2) is 30.2 Å². The van der Waals surface area contributed by atoms with Crippen molar-refractivity contribution < 1.29 is 14.3 Å². The molecule has 0 radical (unpaired) electrons. The zero-order chi connectivity index (χ0) is 13.5. The molecule has 0 aliphatic rings. The van der Waals surface area contributed by atoms with Gasteiger partial charge in [0, 0.05) is 6.04 Å². The minimum atomic E-state index is -0.464. The molecule has 5 heteroatoms. The monoisotopic (exact) mass is 254 g/mol. The summed E-state index contributed by atoms with van der Waals surface area (Å²) in [6, 6.07) is 5.85. The van der Waals surface area contributed by atoms with E-state index >= 15 is 0 Å². The maximum absolute atomic E-state index is 13.3. The molecular weight excluding hydrogens is 235 g/mol. The van der Waals surface area contributed by atoms with Crippen molar-refractivity contribution in [1.29, 1.82) is 0 Å². The van der Waals surface area contributed by atoms with Crippen LogP contribution in [0.25, 0.3) is 0 Å². The Hall–Kier alpha value is -1.46. The van der Waals surface area contributed by atoms with E-state index in [1.54, 1.807) is 12.1 Å². The van der Waals surface area contributed by atoms with Crippen LogP contribution in [0.5, 0.6) is 0 Å². The molecule has 18 heavy (non-hydrogen) atoms. The number of nitrogens with one attached hydrogen (secondary N) is 2. The summed E-state index contributed by atoms with van der Waals surface area (Å²) in [6.45, 7) is 3.90. The predicted octanol–water partition coefficient (Wildman–Crippen LogP) is 1.37. The highest BCUT2D eigenvalue weighted by molar-refractivity contribution is 5.92. The van der Waals surface area contributed by atoms with Gasteiger partial charge in [-0.25, -0.2) is 4.39 Å². The van der Waals surface area contributed by atoms with Crippen molar-refractivity contribution in [3.05, 3.63) is 30.1 Å². The van der Waals surface area contributed by atoms with Gasteiger partial charge in [0.05, 0.1) is 18.8 Å². The van der Waals surface area contributed by atoms with Gasteiger partial charge < -0.3 is 15.7 Å². The molecule has 1 unspecified atom stereocenters. The summed E-state index contributed by atoms with van der Waals surface area (Å²) in [5, 5.41) is 14.5. The number of para-hydroxylation sites is 1. The van der Waals surface area contributed by atoms with E-state index in [0.717, 1.165) is 0 Å². The van der Waals surface area contributed by atoms with E-state index in [2.05, 4.69) is 10.6 Å². The first-order valence-electron chi connectivity index (χ1n) is 5.93. The lowest BCUT2D eigenvalue weighted by molar-refractivity contribution is -0.115. The van der Waals surface area contributed by atoms with E-state index < -0.39 is 5.82 Å². The molecule has 4 nitrogen and oxygen atoms in total. The minimum Gasteiger partial charge on any atom is -0.395 e. The fourth-order valence-electron chi connectivity index (χ4n) is 1.49. The number of hydrogen-bond acceptors (Lipinski definition) is 3. The molecule has 0 aliphatic heterocycles. The number of rotatable bonds is 6. The van der Waals surface area contributed by atoms with E-state index in [-0.39, 0.29) is 36.7 Å². The van der Waals surface area contributed by atoms with E-state index in [9.17, 15) is 9.18 Å². The van der Waals surface area contributed by atoms with Crippen LogP contribution in [0.15, 0.2) is 24.3 Å². The Bertz CT molecular complexity index is 396. The molecule has 0 spiro atoms. The maximum Gasteiger partial charge on any atom is 0.238 e. The molecule has 0 saturated carbocycles. The second kappa shape index (κ2) is 7.08. The molecule has 0 fully saturated rings. The van der Waals surface area contributed by atoms with Crippen molar-refractivity contribution in [2.24, 2.45) is 5.92 Å². The number of aliphatic hydroxyl groups is 1. The lowest BCUT2D eigenvalue weighted by atomic mass is 10.1. The Balaban J connectivity index is 2.45. The number of halogens is 1. The Morgan fingerprint density at radius 3 is 2.61 bits per heavy atom. The van der Waals surface area contributed by atoms with Crippen molar-refractivity contribution >= 4 is 11.6 Å². The number of carbonyl (C=O) groups is 1. The molecule has 1 atom stereocenters. The highest BCUT2D eigenvalue weighted by Crippen LogP contribution is 2.11. The molecule has 100 valence electrons. The first-order chi connectivity index (χ1) is 8.54. The third-order valence-corrected chi connectivity index (χ3v) is 2.67. The summed E-state index contributed by atoms with van der Waals surface area (Å²) >= 11 is 0. The Morgan fingerprint density at radius 2 is 2.06 bits per heavy atom. The Kier molecular flexibility index (Phi) is 5.74. The zero-order valence-electron chi connectivity index (χ0n) is 10.6. The fourth-order valence-corrected chi connectivity index (χ4v) is 1.49. The van der Waals surface area contributed by atoms with Gasteiger partial charge in [0.1, 0.15) is 5.82 Å². The Morgan fingerprint density at radius 1 is 1.39 bits per heavy atom. The largest absolute Gasteiger partial charge is 0.395 e. The minimum absolute atomic E-state index is 0.0371. The smallest absolute Gasteiger partial charge is 0.238 e. The molecule has 0 aromatic heterocycles. The normalized spacial score (nSPS) is 12.5. The van der Waals surface area contributed by atoms with Crippen LogP contribution in [0.2, 0.25) is 0 Å². The molecule has 0 saturated heterocycles. The van der Waals surface area contributed by atoms with Crippen molar-refractivity contribution in [3.63, 3.8) is 0 Å². The third-order valence-electron chi connectivity index (χ3n) is 2.67. The van der Waals surface area contributed by atoms with E-state index in [1.807, 2.05) is 13.8 Å². The lowest BCUT2D eigenvalue weighted by Crippen LogP contribution is -2.41. The molecule has 3 N–H and O–H groups in total. The van der Waals surface area contributed by atoms with Gasteiger partial charge in [-0.15, -0.1) is 0 Å². The summed E-state index contributed by atoms with van der Waals surface area (Å²) in [6.07, 6.45) is 0. The molecule has 0 bridgehead atoms. The molecule has 0 aliphatic carbocycles. The third kappa shape index (κ3) is 4.43. The van der Waals surface area contributed by atoms with Crippen LogP contribution in [0.1, 0.15) is 13.8 Å². The van der Waals surface area contributed by atoms with Gasteiger partial charge in [0.15, 0.2) is 0 Å². The summed E-state index contributed by atoms with van der Waals surface area (Å²) in [4.78, 5) is 11.6. The van der Waals surface area contributed by atoms with Gasteiger partial charge in [-0.1, -0.05) is 26.0 Å². The van der Waals surface area contributed by atoms with Gasteiger partial charge >= 0.3 is 0 Å². The number of hydrogen-bond donors (Lipinski definition) is 3.